The Kier molecular flexibility index (Phi) is 4.85. The lowest BCUT2D eigenvalue weighted by Gasteiger charge is -2.34. The van der Waals surface area contributed by atoms with Gasteiger partial charge < -0.3 is 14.1 Å². The van der Waals surface area contributed by atoms with Crippen molar-refractivity contribution in [3.8, 4) is 5.75 Å². The SMILES string of the molecule is COc1ccc2cc3cc(C(=O)N4CCN(Cc5ccccc5)CC4)oc3nc2c1. The van der Waals surface area contributed by atoms with Gasteiger partial charge in [-0.05, 0) is 29.8 Å². The highest BCUT2D eigenvalue weighted by Gasteiger charge is 2.25. The van der Waals surface area contributed by atoms with Gasteiger partial charge in [-0.25, -0.2) is 4.98 Å². The number of rotatable bonds is 4. The Hall–Kier alpha value is -3.38. The Morgan fingerprint density at radius 3 is 2.57 bits per heavy atom. The average Bonchev–Trinajstić information content (AvgIpc) is 3.20. The lowest BCUT2D eigenvalue weighted by molar-refractivity contribution is 0.0600. The number of hydrogen-bond donors (Lipinski definition) is 0. The number of benzene rings is 2. The fourth-order valence-electron chi connectivity index (χ4n) is 3.94. The van der Waals surface area contributed by atoms with E-state index in [0.29, 0.717) is 24.6 Å². The summed E-state index contributed by atoms with van der Waals surface area (Å²) >= 11 is 0. The number of pyridine rings is 1. The molecule has 3 heterocycles. The molecule has 2 aromatic carbocycles. The summed E-state index contributed by atoms with van der Waals surface area (Å²) in [6, 6.07) is 19.9. The molecule has 30 heavy (non-hydrogen) atoms. The number of aromatic nitrogens is 1. The van der Waals surface area contributed by atoms with Crippen LogP contribution in [-0.4, -0.2) is 54.0 Å². The van der Waals surface area contributed by atoms with Crippen molar-refractivity contribution in [2.24, 2.45) is 0 Å². The van der Waals surface area contributed by atoms with E-state index in [4.69, 9.17) is 9.15 Å². The second-order valence-corrected chi connectivity index (χ2v) is 7.61. The normalized spacial score (nSPS) is 15.0. The number of piperazine rings is 1. The summed E-state index contributed by atoms with van der Waals surface area (Å²) in [5.41, 5.74) is 2.55. The van der Waals surface area contributed by atoms with Gasteiger partial charge in [-0.1, -0.05) is 30.3 Å². The number of nitrogens with zero attached hydrogens (tertiary/aromatic N) is 3. The molecule has 152 valence electrons. The molecule has 0 atom stereocenters. The third-order valence-electron chi connectivity index (χ3n) is 5.63. The van der Waals surface area contributed by atoms with Crippen molar-refractivity contribution < 1.29 is 13.9 Å². The van der Waals surface area contributed by atoms with Gasteiger partial charge in [-0.2, -0.15) is 0 Å². The molecule has 6 heteroatoms. The largest absolute Gasteiger partial charge is 0.497 e. The zero-order valence-corrected chi connectivity index (χ0v) is 16.9. The molecule has 0 spiro atoms. The molecule has 1 aliphatic heterocycles. The van der Waals surface area contributed by atoms with Gasteiger partial charge in [0, 0.05) is 49.6 Å². The number of carbonyl (C=O) groups is 1. The first-order chi connectivity index (χ1) is 14.7. The fraction of sp³-hybridized carbons (Fsp3) is 0.250. The van der Waals surface area contributed by atoms with Crippen LogP contribution in [0.2, 0.25) is 0 Å². The molecule has 1 aliphatic rings. The smallest absolute Gasteiger partial charge is 0.289 e. The Balaban J connectivity index is 1.30. The highest BCUT2D eigenvalue weighted by atomic mass is 16.5. The summed E-state index contributed by atoms with van der Waals surface area (Å²) in [7, 11) is 1.63. The van der Waals surface area contributed by atoms with E-state index in [0.717, 1.165) is 41.7 Å². The number of fused-ring (bicyclic) bond motifs is 2. The number of carbonyl (C=O) groups excluding carboxylic acids is 1. The van der Waals surface area contributed by atoms with Crippen LogP contribution >= 0.6 is 0 Å². The first-order valence-corrected chi connectivity index (χ1v) is 10.1. The number of methoxy groups -OCH3 is 1. The Bertz CT molecular complexity index is 1190. The molecule has 1 amide bonds. The van der Waals surface area contributed by atoms with Crippen LogP contribution in [0.4, 0.5) is 0 Å². The molecule has 0 radical (unpaired) electrons. The van der Waals surface area contributed by atoms with E-state index in [2.05, 4.69) is 34.1 Å². The van der Waals surface area contributed by atoms with Crippen molar-refractivity contribution >= 4 is 27.9 Å². The number of furan rings is 1. The van der Waals surface area contributed by atoms with Crippen LogP contribution < -0.4 is 4.74 Å². The molecular weight excluding hydrogens is 378 g/mol. The molecular formula is C24H23N3O3. The molecule has 0 saturated carbocycles. The lowest BCUT2D eigenvalue weighted by atomic mass is 10.1. The molecule has 5 rings (SSSR count). The third kappa shape index (κ3) is 3.62. The number of ether oxygens (including phenoxy) is 1. The third-order valence-corrected chi connectivity index (χ3v) is 5.63. The predicted molar refractivity (Wildman–Crippen MR) is 116 cm³/mol. The molecule has 1 fully saturated rings. The van der Waals surface area contributed by atoms with E-state index in [9.17, 15) is 4.79 Å². The van der Waals surface area contributed by atoms with E-state index >= 15 is 0 Å². The van der Waals surface area contributed by atoms with Crippen molar-refractivity contribution in [3.05, 3.63) is 72.0 Å². The molecule has 0 bridgehead atoms. The molecule has 6 nitrogen and oxygen atoms in total. The monoisotopic (exact) mass is 401 g/mol. The van der Waals surface area contributed by atoms with Gasteiger partial charge in [0.25, 0.3) is 5.91 Å². The molecule has 4 aromatic rings. The predicted octanol–water partition coefficient (Wildman–Crippen LogP) is 3.95. The van der Waals surface area contributed by atoms with Gasteiger partial charge in [0.1, 0.15) is 5.75 Å². The van der Waals surface area contributed by atoms with Gasteiger partial charge in [0.2, 0.25) is 5.71 Å². The Labute approximate surface area is 174 Å². The van der Waals surface area contributed by atoms with Gasteiger partial charge in [-0.3, -0.25) is 9.69 Å². The lowest BCUT2D eigenvalue weighted by Crippen LogP contribution is -2.48. The van der Waals surface area contributed by atoms with Crippen molar-refractivity contribution in [3.63, 3.8) is 0 Å². The minimum Gasteiger partial charge on any atom is -0.497 e. The molecule has 2 aromatic heterocycles. The van der Waals surface area contributed by atoms with Crippen LogP contribution in [0, 0.1) is 0 Å². The minimum atomic E-state index is -0.0750. The maximum Gasteiger partial charge on any atom is 0.289 e. The van der Waals surface area contributed by atoms with Crippen molar-refractivity contribution in [2.45, 2.75) is 6.54 Å². The van der Waals surface area contributed by atoms with Crippen molar-refractivity contribution in [1.29, 1.82) is 0 Å². The number of amides is 1. The van der Waals surface area contributed by atoms with Crippen LogP contribution in [0.25, 0.3) is 22.0 Å². The summed E-state index contributed by atoms with van der Waals surface area (Å²) in [5, 5.41) is 1.82. The average molecular weight is 401 g/mol. The van der Waals surface area contributed by atoms with Gasteiger partial charge in [0.05, 0.1) is 12.6 Å². The van der Waals surface area contributed by atoms with E-state index in [-0.39, 0.29) is 5.91 Å². The second-order valence-electron chi connectivity index (χ2n) is 7.61. The van der Waals surface area contributed by atoms with Crippen LogP contribution in [0.3, 0.4) is 0 Å². The maximum absolute atomic E-state index is 13.0. The summed E-state index contributed by atoms with van der Waals surface area (Å²) in [6.07, 6.45) is 0. The molecule has 1 saturated heterocycles. The molecule has 0 unspecified atom stereocenters. The zero-order valence-electron chi connectivity index (χ0n) is 16.9. The highest BCUT2D eigenvalue weighted by molar-refractivity contribution is 5.98. The summed E-state index contributed by atoms with van der Waals surface area (Å²) in [6.45, 7) is 3.99. The van der Waals surface area contributed by atoms with Gasteiger partial charge in [0.15, 0.2) is 5.76 Å². The van der Waals surface area contributed by atoms with E-state index in [1.165, 1.54) is 5.56 Å². The van der Waals surface area contributed by atoms with Crippen LogP contribution in [-0.2, 0) is 6.54 Å². The van der Waals surface area contributed by atoms with Crippen molar-refractivity contribution in [1.82, 2.24) is 14.8 Å². The van der Waals surface area contributed by atoms with Crippen LogP contribution in [0.1, 0.15) is 16.1 Å². The maximum atomic E-state index is 13.0. The second kappa shape index (κ2) is 7.80. The minimum absolute atomic E-state index is 0.0750. The fourth-order valence-corrected chi connectivity index (χ4v) is 3.94. The summed E-state index contributed by atoms with van der Waals surface area (Å²) in [4.78, 5) is 21.8. The van der Waals surface area contributed by atoms with E-state index in [1.54, 1.807) is 13.2 Å². The van der Waals surface area contributed by atoms with Crippen molar-refractivity contribution in [2.75, 3.05) is 33.3 Å². The highest BCUT2D eigenvalue weighted by Crippen LogP contribution is 2.26. The van der Waals surface area contributed by atoms with Crippen LogP contribution in [0.15, 0.2) is 65.1 Å². The standard InChI is InChI=1S/C24H23N3O3/c1-29-20-8-7-18-13-19-14-22(30-23(19)25-21(18)15-20)24(28)27-11-9-26(10-12-27)16-17-5-3-2-4-6-17/h2-8,13-15H,9-12,16H2,1H3. The quantitative estimate of drug-likeness (QED) is 0.518. The summed E-state index contributed by atoms with van der Waals surface area (Å²) < 4.78 is 11.1. The van der Waals surface area contributed by atoms with Crippen LogP contribution in [0.5, 0.6) is 5.75 Å². The topological polar surface area (TPSA) is 58.8 Å². The molecule has 0 aliphatic carbocycles. The first-order valence-electron chi connectivity index (χ1n) is 10.1. The van der Waals surface area contributed by atoms with Gasteiger partial charge >= 0.3 is 0 Å². The summed E-state index contributed by atoms with van der Waals surface area (Å²) in [5.74, 6) is 1.01. The first kappa shape index (κ1) is 18.6. The van der Waals surface area contributed by atoms with Gasteiger partial charge in [-0.15, -0.1) is 0 Å². The number of hydrogen-bond acceptors (Lipinski definition) is 5. The zero-order chi connectivity index (χ0) is 20.5. The van der Waals surface area contributed by atoms with E-state index < -0.39 is 0 Å². The molecule has 0 N–H and O–H groups in total. The Morgan fingerprint density at radius 2 is 1.80 bits per heavy atom. The van der Waals surface area contributed by atoms with E-state index in [1.807, 2.05) is 35.2 Å². The Morgan fingerprint density at radius 1 is 1.00 bits per heavy atom.